The number of anilines is 1. The number of nitrogens with zero attached hydrogens (tertiary/aromatic N) is 2. The summed E-state index contributed by atoms with van der Waals surface area (Å²) >= 11 is 12.1. The van der Waals surface area contributed by atoms with Crippen molar-refractivity contribution in [1.29, 1.82) is 0 Å². The average Bonchev–Trinajstić information content (AvgIpc) is 2.50. The predicted octanol–water partition coefficient (Wildman–Crippen LogP) is 5.11. The molecular formula is C16H13Cl2N3. The summed E-state index contributed by atoms with van der Waals surface area (Å²) in [5, 5.41) is 14.5. The number of hydrogen-bond donors (Lipinski definition) is 1. The monoisotopic (exact) mass is 317 g/mol. The van der Waals surface area contributed by atoms with Gasteiger partial charge in [-0.25, -0.2) is 0 Å². The maximum atomic E-state index is 6.08. The van der Waals surface area contributed by atoms with Crippen molar-refractivity contribution in [2.45, 2.75) is 13.0 Å². The van der Waals surface area contributed by atoms with E-state index in [9.17, 15) is 0 Å². The largest absolute Gasteiger partial charge is 0.362 e. The third-order valence-corrected chi connectivity index (χ3v) is 3.86. The first-order chi connectivity index (χ1) is 10.1. The molecule has 5 heteroatoms. The summed E-state index contributed by atoms with van der Waals surface area (Å²) in [4.78, 5) is 0. The van der Waals surface area contributed by atoms with Crippen LogP contribution in [0.3, 0.4) is 0 Å². The standard InChI is InChI=1S/C16H13Cl2N3/c1-10(11-5-4-6-12(17)9-11)19-16-14-8-3-2-7-13(14)15(18)20-21-16/h2-10H,1H3,(H,19,21). The van der Waals surface area contributed by atoms with Gasteiger partial charge in [-0.1, -0.05) is 59.6 Å². The first kappa shape index (κ1) is 14.1. The molecule has 0 radical (unpaired) electrons. The van der Waals surface area contributed by atoms with Crippen LogP contribution in [0.2, 0.25) is 10.2 Å². The van der Waals surface area contributed by atoms with Crippen LogP contribution in [0.15, 0.2) is 48.5 Å². The summed E-state index contributed by atoms with van der Waals surface area (Å²) in [5.74, 6) is 0.711. The number of aromatic nitrogens is 2. The van der Waals surface area contributed by atoms with Gasteiger partial charge in [0.1, 0.15) is 0 Å². The lowest BCUT2D eigenvalue weighted by Crippen LogP contribution is -2.09. The van der Waals surface area contributed by atoms with Crippen molar-refractivity contribution in [3.05, 3.63) is 64.3 Å². The van der Waals surface area contributed by atoms with Crippen molar-refractivity contribution in [2.75, 3.05) is 5.32 Å². The molecule has 21 heavy (non-hydrogen) atoms. The SMILES string of the molecule is CC(Nc1nnc(Cl)c2ccccc12)c1cccc(Cl)c1. The first-order valence-electron chi connectivity index (χ1n) is 6.58. The van der Waals surface area contributed by atoms with Gasteiger partial charge < -0.3 is 5.32 Å². The zero-order chi connectivity index (χ0) is 14.8. The van der Waals surface area contributed by atoms with Gasteiger partial charge in [0, 0.05) is 15.8 Å². The zero-order valence-corrected chi connectivity index (χ0v) is 12.9. The topological polar surface area (TPSA) is 37.8 Å². The summed E-state index contributed by atoms with van der Waals surface area (Å²) in [6.07, 6.45) is 0. The molecule has 1 heterocycles. The number of hydrogen-bond acceptors (Lipinski definition) is 3. The van der Waals surface area contributed by atoms with Crippen molar-refractivity contribution in [3.8, 4) is 0 Å². The highest BCUT2D eigenvalue weighted by atomic mass is 35.5. The third kappa shape index (κ3) is 2.94. The third-order valence-electron chi connectivity index (χ3n) is 3.34. The summed E-state index contributed by atoms with van der Waals surface area (Å²) in [6, 6.07) is 15.6. The van der Waals surface area contributed by atoms with E-state index in [0.717, 1.165) is 16.3 Å². The average molecular weight is 318 g/mol. The molecule has 3 nitrogen and oxygen atoms in total. The second-order valence-corrected chi connectivity index (χ2v) is 5.60. The van der Waals surface area contributed by atoms with E-state index in [1.165, 1.54) is 0 Å². The van der Waals surface area contributed by atoms with Gasteiger partial charge in [-0.05, 0) is 24.6 Å². The summed E-state index contributed by atoms with van der Waals surface area (Å²) < 4.78 is 0. The van der Waals surface area contributed by atoms with Crippen molar-refractivity contribution in [3.63, 3.8) is 0 Å². The second kappa shape index (κ2) is 5.88. The molecule has 0 bridgehead atoms. The van der Waals surface area contributed by atoms with E-state index < -0.39 is 0 Å². The van der Waals surface area contributed by atoms with Crippen LogP contribution in [0.5, 0.6) is 0 Å². The van der Waals surface area contributed by atoms with Crippen molar-refractivity contribution < 1.29 is 0 Å². The van der Waals surface area contributed by atoms with Crippen LogP contribution in [0.25, 0.3) is 10.8 Å². The Morgan fingerprint density at radius 3 is 2.48 bits per heavy atom. The van der Waals surface area contributed by atoms with E-state index in [1.54, 1.807) is 0 Å². The molecule has 0 fully saturated rings. The fourth-order valence-electron chi connectivity index (χ4n) is 2.24. The molecule has 1 aromatic heterocycles. The Morgan fingerprint density at radius 1 is 0.952 bits per heavy atom. The van der Waals surface area contributed by atoms with Gasteiger partial charge in [0.15, 0.2) is 11.0 Å². The molecule has 3 rings (SSSR count). The minimum atomic E-state index is 0.0579. The Kier molecular flexibility index (Phi) is 3.95. The molecule has 0 saturated carbocycles. The molecule has 106 valence electrons. The molecule has 1 N–H and O–H groups in total. The molecule has 0 spiro atoms. The molecule has 1 unspecified atom stereocenters. The molecule has 0 aliphatic carbocycles. The molecule has 2 aromatic carbocycles. The smallest absolute Gasteiger partial charge is 0.159 e. The molecule has 1 atom stereocenters. The zero-order valence-electron chi connectivity index (χ0n) is 11.3. The van der Waals surface area contributed by atoms with Gasteiger partial charge in [0.2, 0.25) is 0 Å². The number of halogens is 2. The molecule has 0 amide bonds. The van der Waals surface area contributed by atoms with E-state index in [1.807, 2.05) is 48.5 Å². The van der Waals surface area contributed by atoms with Gasteiger partial charge in [0.25, 0.3) is 0 Å². The van der Waals surface area contributed by atoms with Crippen LogP contribution >= 0.6 is 23.2 Å². The molecule has 0 saturated heterocycles. The second-order valence-electron chi connectivity index (χ2n) is 4.81. The van der Waals surface area contributed by atoms with Crippen molar-refractivity contribution in [1.82, 2.24) is 10.2 Å². The Balaban J connectivity index is 1.97. The Labute approximate surface area is 132 Å². The normalized spacial score (nSPS) is 12.3. The predicted molar refractivity (Wildman–Crippen MR) is 88.0 cm³/mol. The van der Waals surface area contributed by atoms with E-state index >= 15 is 0 Å². The van der Waals surface area contributed by atoms with Crippen LogP contribution < -0.4 is 5.32 Å². The maximum Gasteiger partial charge on any atom is 0.159 e. The Morgan fingerprint density at radius 2 is 1.71 bits per heavy atom. The number of nitrogens with one attached hydrogen (secondary N) is 1. The van der Waals surface area contributed by atoms with E-state index in [-0.39, 0.29) is 6.04 Å². The van der Waals surface area contributed by atoms with E-state index in [2.05, 4.69) is 22.4 Å². The van der Waals surface area contributed by atoms with Gasteiger partial charge in [-0.3, -0.25) is 0 Å². The van der Waals surface area contributed by atoms with Crippen LogP contribution in [0.1, 0.15) is 18.5 Å². The maximum absolute atomic E-state index is 6.08. The molecule has 3 aromatic rings. The summed E-state index contributed by atoms with van der Waals surface area (Å²) in [7, 11) is 0. The lowest BCUT2D eigenvalue weighted by atomic mass is 10.1. The van der Waals surface area contributed by atoms with Gasteiger partial charge in [-0.15, -0.1) is 10.2 Å². The van der Waals surface area contributed by atoms with Crippen molar-refractivity contribution >= 4 is 39.8 Å². The van der Waals surface area contributed by atoms with Gasteiger partial charge in [0.05, 0.1) is 6.04 Å². The highest BCUT2D eigenvalue weighted by Gasteiger charge is 2.11. The quantitative estimate of drug-likeness (QED) is 0.729. The van der Waals surface area contributed by atoms with Crippen LogP contribution in [0, 0.1) is 0 Å². The summed E-state index contributed by atoms with van der Waals surface area (Å²) in [6.45, 7) is 2.05. The fraction of sp³-hybridized carbons (Fsp3) is 0.125. The number of fused-ring (bicyclic) bond motifs is 1. The highest BCUT2D eigenvalue weighted by Crippen LogP contribution is 2.28. The van der Waals surface area contributed by atoms with Crippen LogP contribution in [-0.2, 0) is 0 Å². The summed E-state index contributed by atoms with van der Waals surface area (Å²) in [5.41, 5.74) is 1.09. The van der Waals surface area contributed by atoms with Crippen LogP contribution in [-0.4, -0.2) is 10.2 Å². The Hall–Kier alpha value is -1.84. The van der Waals surface area contributed by atoms with Crippen LogP contribution in [0.4, 0.5) is 5.82 Å². The lowest BCUT2D eigenvalue weighted by Gasteiger charge is -2.16. The molecular weight excluding hydrogens is 305 g/mol. The Bertz CT molecular complexity index is 789. The fourth-order valence-corrected chi connectivity index (χ4v) is 2.64. The number of rotatable bonds is 3. The first-order valence-corrected chi connectivity index (χ1v) is 7.33. The molecule has 0 aliphatic heterocycles. The highest BCUT2D eigenvalue weighted by molar-refractivity contribution is 6.34. The van der Waals surface area contributed by atoms with Gasteiger partial charge >= 0.3 is 0 Å². The van der Waals surface area contributed by atoms with E-state index in [4.69, 9.17) is 23.2 Å². The minimum absolute atomic E-state index is 0.0579. The van der Waals surface area contributed by atoms with Gasteiger partial charge in [-0.2, -0.15) is 0 Å². The lowest BCUT2D eigenvalue weighted by molar-refractivity contribution is 0.865. The number of benzene rings is 2. The molecule has 0 aliphatic rings. The van der Waals surface area contributed by atoms with E-state index in [0.29, 0.717) is 16.0 Å². The van der Waals surface area contributed by atoms with Crippen molar-refractivity contribution in [2.24, 2.45) is 0 Å². The minimum Gasteiger partial charge on any atom is -0.362 e.